The minimum atomic E-state index is -0.558. The molecule has 5 heteroatoms. The quantitative estimate of drug-likeness (QED) is 0.771. The van der Waals surface area contributed by atoms with Gasteiger partial charge in [0.05, 0.1) is 16.8 Å². The number of rotatable bonds is 2. The number of aromatic nitrogens is 2. The number of halogens is 2. The van der Waals surface area contributed by atoms with Crippen LogP contribution in [0.2, 0.25) is 5.02 Å². The molecule has 0 aliphatic rings. The summed E-state index contributed by atoms with van der Waals surface area (Å²) in [4.78, 5) is 12.1. The van der Waals surface area contributed by atoms with Gasteiger partial charge in [0.25, 0.3) is 0 Å². The molecule has 2 aromatic rings. The zero-order chi connectivity index (χ0) is 12.6. The fourth-order valence-electron chi connectivity index (χ4n) is 1.61. The third-order valence-electron chi connectivity index (χ3n) is 2.48. The van der Waals surface area contributed by atoms with E-state index in [0.29, 0.717) is 0 Å². The Kier molecular flexibility index (Phi) is 2.98. The average Bonchev–Trinajstić information content (AvgIpc) is 2.61. The van der Waals surface area contributed by atoms with Crippen LogP contribution < -0.4 is 0 Å². The molecule has 0 aliphatic carbocycles. The standard InChI is InChI=1S/C12H10ClFN2O/c1-7-3-4-10(14)8(5-7)12(17)11-9(13)6-15-16(11)2/h3-6H,1-2H3. The lowest BCUT2D eigenvalue weighted by atomic mass is 10.0. The van der Waals surface area contributed by atoms with Crippen LogP contribution in [0.25, 0.3) is 0 Å². The van der Waals surface area contributed by atoms with Gasteiger partial charge in [-0.15, -0.1) is 0 Å². The topological polar surface area (TPSA) is 34.9 Å². The predicted molar refractivity (Wildman–Crippen MR) is 62.8 cm³/mol. The van der Waals surface area contributed by atoms with Crippen LogP contribution in [0.3, 0.4) is 0 Å². The van der Waals surface area contributed by atoms with E-state index in [1.54, 1.807) is 20.0 Å². The highest BCUT2D eigenvalue weighted by atomic mass is 35.5. The first kappa shape index (κ1) is 11.8. The van der Waals surface area contributed by atoms with Crippen molar-refractivity contribution in [3.8, 4) is 0 Å². The minimum absolute atomic E-state index is 0.00972. The van der Waals surface area contributed by atoms with Crippen LogP contribution in [0.1, 0.15) is 21.6 Å². The van der Waals surface area contributed by atoms with Crippen LogP contribution in [-0.4, -0.2) is 15.6 Å². The van der Waals surface area contributed by atoms with E-state index in [1.807, 2.05) is 0 Å². The Morgan fingerprint density at radius 1 is 1.47 bits per heavy atom. The molecule has 0 saturated heterocycles. The SMILES string of the molecule is Cc1ccc(F)c(C(=O)c2c(Cl)cnn2C)c1. The minimum Gasteiger partial charge on any atom is -0.287 e. The van der Waals surface area contributed by atoms with E-state index in [0.717, 1.165) is 5.56 Å². The Hall–Kier alpha value is -1.68. The monoisotopic (exact) mass is 252 g/mol. The average molecular weight is 253 g/mol. The summed E-state index contributed by atoms with van der Waals surface area (Å²) in [6, 6.07) is 4.38. The predicted octanol–water partition coefficient (Wildman–Crippen LogP) is 2.75. The first-order valence-electron chi connectivity index (χ1n) is 4.99. The molecule has 3 nitrogen and oxygen atoms in total. The van der Waals surface area contributed by atoms with E-state index in [1.165, 1.54) is 23.0 Å². The molecule has 0 radical (unpaired) electrons. The first-order valence-corrected chi connectivity index (χ1v) is 5.37. The molecule has 0 unspecified atom stereocenters. The molecular weight excluding hydrogens is 243 g/mol. The molecular formula is C12H10ClFN2O. The van der Waals surface area contributed by atoms with E-state index >= 15 is 0 Å². The van der Waals surface area contributed by atoms with Gasteiger partial charge in [0.1, 0.15) is 11.5 Å². The second-order valence-corrected chi connectivity index (χ2v) is 4.18. The van der Waals surface area contributed by atoms with Crippen LogP contribution in [0.4, 0.5) is 4.39 Å². The van der Waals surface area contributed by atoms with Gasteiger partial charge in [-0.05, 0) is 19.1 Å². The molecule has 0 amide bonds. The van der Waals surface area contributed by atoms with Crippen molar-refractivity contribution in [2.24, 2.45) is 7.05 Å². The lowest BCUT2D eigenvalue weighted by Crippen LogP contribution is -2.10. The summed E-state index contributed by atoms with van der Waals surface area (Å²) < 4.78 is 14.9. The number of ketones is 1. The van der Waals surface area contributed by atoms with Gasteiger partial charge >= 0.3 is 0 Å². The van der Waals surface area contributed by atoms with Gasteiger partial charge in [-0.1, -0.05) is 23.2 Å². The van der Waals surface area contributed by atoms with Crippen molar-refractivity contribution < 1.29 is 9.18 Å². The van der Waals surface area contributed by atoms with Gasteiger partial charge in [0, 0.05) is 7.05 Å². The molecule has 0 aliphatic heterocycles. The largest absolute Gasteiger partial charge is 0.287 e. The summed E-state index contributed by atoms with van der Waals surface area (Å²) in [5.74, 6) is -1.02. The van der Waals surface area contributed by atoms with Gasteiger partial charge in [0.2, 0.25) is 5.78 Å². The fourth-order valence-corrected chi connectivity index (χ4v) is 1.86. The lowest BCUT2D eigenvalue weighted by molar-refractivity contribution is 0.102. The normalized spacial score (nSPS) is 10.6. The molecule has 88 valence electrons. The summed E-state index contributed by atoms with van der Waals surface area (Å²) in [6.45, 7) is 1.79. The second-order valence-electron chi connectivity index (χ2n) is 3.78. The molecule has 0 spiro atoms. The number of carbonyl (C=O) groups is 1. The zero-order valence-electron chi connectivity index (χ0n) is 9.37. The molecule has 0 N–H and O–H groups in total. The Morgan fingerprint density at radius 3 is 2.76 bits per heavy atom. The number of carbonyl (C=O) groups excluding carboxylic acids is 1. The van der Waals surface area contributed by atoms with Gasteiger partial charge < -0.3 is 0 Å². The van der Waals surface area contributed by atoms with E-state index in [4.69, 9.17) is 11.6 Å². The van der Waals surface area contributed by atoms with E-state index < -0.39 is 11.6 Å². The van der Waals surface area contributed by atoms with Gasteiger partial charge in [0.15, 0.2) is 0 Å². The number of nitrogens with zero attached hydrogens (tertiary/aromatic N) is 2. The van der Waals surface area contributed by atoms with Crippen LogP contribution in [0.15, 0.2) is 24.4 Å². The molecule has 1 aromatic heterocycles. The van der Waals surface area contributed by atoms with E-state index in [-0.39, 0.29) is 16.3 Å². The maximum Gasteiger partial charge on any atom is 0.215 e. The zero-order valence-corrected chi connectivity index (χ0v) is 10.1. The summed E-state index contributed by atoms with van der Waals surface area (Å²) in [5, 5.41) is 4.08. The summed E-state index contributed by atoms with van der Waals surface area (Å²) in [7, 11) is 1.59. The highest BCUT2D eigenvalue weighted by Gasteiger charge is 2.20. The molecule has 0 atom stereocenters. The van der Waals surface area contributed by atoms with Crippen molar-refractivity contribution in [3.63, 3.8) is 0 Å². The molecule has 1 aromatic carbocycles. The molecule has 17 heavy (non-hydrogen) atoms. The van der Waals surface area contributed by atoms with Crippen molar-refractivity contribution in [2.45, 2.75) is 6.92 Å². The number of hydrogen-bond donors (Lipinski definition) is 0. The van der Waals surface area contributed by atoms with Gasteiger partial charge in [-0.25, -0.2) is 4.39 Å². The Morgan fingerprint density at radius 2 is 2.18 bits per heavy atom. The van der Waals surface area contributed by atoms with Crippen molar-refractivity contribution in [1.29, 1.82) is 0 Å². The van der Waals surface area contributed by atoms with Crippen molar-refractivity contribution in [1.82, 2.24) is 9.78 Å². The van der Waals surface area contributed by atoms with E-state index in [9.17, 15) is 9.18 Å². The molecule has 0 bridgehead atoms. The van der Waals surface area contributed by atoms with Crippen LogP contribution in [0.5, 0.6) is 0 Å². The third kappa shape index (κ3) is 2.08. The maximum atomic E-state index is 13.6. The first-order chi connectivity index (χ1) is 8.00. The smallest absolute Gasteiger partial charge is 0.215 e. The van der Waals surface area contributed by atoms with E-state index in [2.05, 4.69) is 5.10 Å². The van der Waals surface area contributed by atoms with Gasteiger partial charge in [-0.2, -0.15) is 5.10 Å². The lowest BCUT2D eigenvalue weighted by Gasteiger charge is -2.04. The van der Waals surface area contributed by atoms with Crippen molar-refractivity contribution in [2.75, 3.05) is 0 Å². The molecule has 2 rings (SSSR count). The second kappa shape index (κ2) is 4.30. The highest BCUT2D eigenvalue weighted by molar-refractivity contribution is 6.34. The van der Waals surface area contributed by atoms with Crippen LogP contribution in [-0.2, 0) is 7.05 Å². The summed E-state index contributed by atoms with van der Waals surface area (Å²) in [6.07, 6.45) is 1.36. The van der Waals surface area contributed by atoms with Crippen LogP contribution >= 0.6 is 11.6 Å². The molecule has 1 heterocycles. The van der Waals surface area contributed by atoms with Crippen molar-refractivity contribution >= 4 is 17.4 Å². The summed E-state index contributed by atoms with van der Waals surface area (Å²) >= 11 is 5.86. The van der Waals surface area contributed by atoms with Crippen molar-refractivity contribution in [3.05, 3.63) is 52.1 Å². The third-order valence-corrected chi connectivity index (χ3v) is 2.75. The molecule has 0 fully saturated rings. The number of aryl methyl sites for hydroxylation is 2. The summed E-state index contributed by atoms with van der Waals surface area (Å²) in [5.41, 5.74) is 1.01. The Labute approximate surface area is 103 Å². The number of hydrogen-bond acceptors (Lipinski definition) is 2. The van der Waals surface area contributed by atoms with Crippen LogP contribution in [0, 0.1) is 12.7 Å². The highest BCUT2D eigenvalue weighted by Crippen LogP contribution is 2.20. The Bertz CT molecular complexity index is 573. The Balaban J connectivity index is 2.55. The maximum absolute atomic E-state index is 13.6. The molecule has 0 saturated carbocycles. The fraction of sp³-hybridized carbons (Fsp3) is 0.167. The van der Waals surface area contributed by atoms with Gasteiger partial charge in [-0.3, -0.25) is 9.48 Å². The number of benzene rings is 1.